The van der Waals surface area contributed by atoms with Crippen molar-refractivity contribution in [2.75, 3.05) is 5.73 Å². The molecule has 12 heavy (non-hydrogen) atoms. The third-order valence-electron chi connectivity index (χ3n) is 1.39. The van der Waals surface area contributed by atoms with Gasteiger partial charge < -0.3 is 5.73 Å². The van der Waals surface area contributed by atoms with Crippen LogP contribution < -0.4 is 17.0 Å². The zero-order valence-corrected chi connectivity index (χ0v) is 6.17. The van der Waals surface area contributed by atoms with E-state index in [1.807, 2.05) is 5.43 Å². The van der Waals surface area contributed by atoms with Gasteiger partial charge in [0.25, 0.3) is 5.91 Å². The zero-order chi connectivity index (χ0) is 9.14. The summed E-state index contributed by atoms with van der Waals surface area (Å²) in [6.45, 7) is 0. The minimum atomic E-state index is -0.535. The number of benzene rings is 1. The fraction of sp³-hybridized carbons (Fsp3) is 0. The molecule has 0 aliphatic carbocycles. The van der Waals surface area contributed by atoms with Crippen molar-refractivity contribution in [3.63, 3.8) is 0 Å². The predicted octanol–water partition coefficient (Wildman–Crippen LogP) is 0.0114. The lowest BCUT2D eigenvalue weighted by Crippen LogP contribution is -2.30. The molecular formula is C7H8FN3O. The number of rotatable bonds is 1. The summed E-state index contributed by atoms with van der Waals surface area (Å²) in [7, 11) is 0. The number of hydrogen-bond acceptors (Lipinski definition) is 3. The molecule has 5 heteroatoms. The van der Waals surface area contributed by atoms with Crippen molar-refractivity contribution in [3.8, 4) is 0 Å². The highest BCUT2D eigenvalue weighted by Gasteiger charge is 2.07. The lowest BCUT2D eigenvalue weighted by Gasteiger charge is -2.02. The van der Waals surface area contributed by atoms with E-state index in [0.717, 1.165) is 12.1 Å². The van der Waals surface area contributed by atoms with Crippen LogP contribution in [-0.2, 0) is 0 Å². The third kappa shape index (κ3) is 1.51. The van der Waals surface area contributed by atoms with E-state index >= 15 is 0 Å². The smallest absolute Gasteiger partial charge is 0.267 e. The van der Waals surface area contributed by atoms with E-state index in [4.69, 9.17) is 11.6 Å². The van der Waals surface area contributed by atoms with Crippen molar-refractivity contribution in [2.45, 2.75) is 0 Å². The molecule has 0 aliphatic rings. The number of carbonyl (C=O) groups excluding carboxylic acids is 1. The molecule has 1 rings (SSSR count). The lowest BCUT2D eigenvalue weighted by atomic mass is 10.1. The van der Waals surface area contributed by atoms with E-state index in [9.17, 15) is 9.18 Å². The molecule has 0 spiro atoms. The first kappa shape index (κ1) is 8.48. The van der Waals surface area contributed by atoms with E-state index < -0.39 is 11.7 Å². The summed E-state index contributed by atoms with van der Waals surface area (Å²) in [6.07, 6.45) is 0. The number of amides is 1. The summed E-state index contributed by atoms with van der Waals surface area (Å²) in [5, 5.41) is 0. The van der Waals surface area contributed by atoms with E-state index in [2.05, 4.69) is 0 Å². The molecular weight excluding hydrogens is 161 g/mol. The highest BCUT2D eigenvalue weighted by molar-refractivity contribution is 5.98. The van der Waals surface area contributed by atoms with Crippen LogP contribution in [0.4, 0.5) is 10.1 Å². The molecule has 0 heterocycles. The number of hydrazine groups is 1. The summed E-state index contributed by atoms with van der Waals surface area (Å²) in [4.78, 5) is 10.9. The molecule has 1 amide bonds. The molecule has 0 bridgehead atoms. The molecule has 0 aliphatic heterocycles. The SMILES string of the molecule is NNC(=O)c1ccc(F)cc1N. The Morgan fingerprint density at radius 3 is 2.67 bits per heavy atom. The van der Waals surface area contributed by atoms with Crippen LogP contribution in [0.25, 0.3) is 0 Å². The third-order valence-corrected chi connectivity index (χ3v) is 1.39. The monoisotopic (exact) mass is 169 g/mol. The fourth-order valence-corrected chi connectivity index (χ4v) is 0.818. The van der Waals surface area contributed by atoms with E-state index in [1.165, 1.54) is 6.07 Å². The van der Waals surface area contributed by atoms with Gasteiger partial charge in [-0.05, 0) is 18.2 Å². The van der Waals surface area contributed by atoms with Gasteiger partial charge in [-0.3, -0.25) is 10.2 Å². The molecule has 4 nitrogen and oxygen atoms in total. The summed E-state index contributed by atoms with van der Waals surface area (Å²) >= 11 is 0. The van der Waals surface area contributed by atoms with E-state index in [0.29, 0.717) is 0 Å². The standard InChI is InChI=1S/C7H8FN3O/c8-4-1-2-5(6(9)3-4)7(12)11-10/h1-3H,9-10H2,(H,11,12). The molecule has 5 N–H and O–H groups in total. The van der Waals surface area contributed by atoms with Gasteiger partial charge >= 0.3 is 0 Å². The fourth-order valence-electron chi connectivity index (χ4n) is 0.818. The second-order valence-electron chi connectivity index (χ2n) is 2.21. The van der Waals surface area contributed by atoms with Crippen LogP contribution >= 0.6 is 0 Å². The van der Waals surface area contributed by atoms with Gasteiger partial charge in [-0.2, -0.15) is 0 Å². The van der Waals surface area contributed by atoms with Crippen LogP contribution in [0, 0.1) is 5.82 Å². The quantitative estimate of drug-likeness (QED) is 0.240. The highest BCUT2D eigenvalue weighted by atomic mass is 19.1. The van der Waals surface area contributed by atoms with Gasteiger partial charge in [-0.15, -0.1) is 0 Å². The van der Waals surface area contributed by atoms with Crippen molar-refractivity contribution in [1.82, 2.24) is 5.43 Å². The van der Waals surface area contributed by atoms with Crippen LogP contribution in [0.15, 0.2) is 18.2 Å². The Morgan fingerprint density at radius 2 is 2.17 bits per heavy atom. The molecule has 0 fully saturated rings. The number of anilines is 1. The van der Waals surface area contributed by atoms with E-state index in [1.54, 1.807) is 0 Å². The van der Waals surface area contributed by atoms with Gasteiger partial charge in [-0.25, -0.2) is 10.2 Å². The summed E-state index contributed by atoms with van der Waals surface area (Å²) in [5.41, 5.74) is 7.47. The van der Waals surface area contributed by atoms with Crippen LogP contribution in [0.3, 0.4) is 0 Å². The Morgan fingerprint density at radius 1 is 1.50 bits per heavy atom. The Kier molecular flexibility index (Phi) is 2.25. The first-order valence-electron chi connectivity index (χ1n) is 3.21. The second-order valence-corrected chi connectivity index (χ2v) is 2.21. The minimum Gasteiger partial charge on any atom is -0.398 e. The number of nitrogens with two attached hydrogens (primary N) is 2. The first-order valence-corrected chi connectivity index (χ1v) is 3.21. The van der Waals surface area contributed by atoms with Crippen LogP contribution in [-0.4, -0.2) is 5.91 Å². The number of nitrogen functional groups attached to an aromatic ring is 2. The molecule has 0 saturated heterocycles. The topological polar surface area (TPSA) is 81.1 Å². The maximum absolute atomic E-state index is 12.5. The van der Waals surface area contributed by atoms with E-state index in [-0.39, 0.29) is 11.3 Å². The zero-order valence-electron chi connectivity index (χ0n) is 6.17. The molecule has 1 aromatic rings. The maximum Gasteiger partial charge on any atom is 0.267 e. The van der Waals surface area contributed by atoms with Gasteiger partial charge in [0.2, 0.25) is 0 Å². The van der Waals surface area contributed by atoms with Crippen molar-refractivity contribution < 1.29 is 9.18 Å². The van der Waals surface area contributed by atoms with Crippen molar-refractivity contribution in [2.24, 2.45) is 5.84 Å². The van der Waals surface area contributed by atoms with Gasteiger partial charge in [-0.1, -0.05) is 0 Å². The molecule has 0 unspecified atom stereocenters. The van der Waals surface area contributed by atoms with Crippen LogP contribution in [0.5, 0.6) is 0 Å². The molecule has 0 aromatic heterocycles. The first-order chi connectivity index (χ1) is 5.65. The molecule has 0 saturated carbocycles. The van der Waals surface area contributed by atoms with Gasteiger partial charge in [0.1, 0.15) is 5.82 Å². The number of carbonyl (C=O) groups is 1. The largest absolute Gasteiger partial charge is 0.398 e. The second kappa shape index (κ2) is 3.19. The molecule has 64 valence electrons. The maximum atomic E-state index is 12.5. The Balaban J connectivity index is 3.09. The lowest BCUT2D eigenvalue weighted by molar-refractivity contribution is 0.0954. The summed E-state index contributed by atoms with van der Waals surface area (Å²) < 4.78 is 12.5. The van der Waals surface area contributed by atoms with Crippen molar-refractivity contribution in [3.05, 3.63) is 29.6 Å². The Labute approximate surface area is 68.3 Å². The molecule has 0 radical (unpaired) electrons. The van der Waals surface area contributed by atoms with Crippen molar-refractivity contribution >= 4 is 11.6 Å². The summed E-state index contributed by atoms with van der Waals surface area (Å²) in [6, 6.07) is 3.47. The van der Waals surface area contributed by atoms with Crippen LogP contribution in [0.1, 0.15) is 10.4 Å². The number of hydrogen-bond donors (Lipinski definition) is 3. The number of halogens is 1. The highest BCUT2D eigenvalue weighted by Crippen LogP contribution is 2.12. The predicted molar refractivity (Wildman–Crippen MR) is 42.5 cm³/mol. The normalized spacial score (nSPS) is 9.50. The average Bonchev–Trinajstić information content (AvgIpc) is 2.03. The van der Waals surface area contributed by atoms with Gasteiger partial charge in [0.05, 0.1) is 5.56 Å². The Bertz CT molecular complexity index is 314. The number of nitrogens with one attached hydrogen (secondary N) is 1. The van der Waals surface area contributed by atoms with Crippen LogP contribution in [0.2, 0.25) is 0 Å². The average molecular weight is 169 g/mol. The minimum absolute atomic E-state index is 0.0675. The van der Waals surface area contributed by atoms with Gasteiger partial charge in [0, 0.05) is 5.69 Å². The van der Waals surface area contributed by atoms with Crippen molar-refractivity contribution in [1.29, 1.82) is 0 Å². The van der Waals surface area contributed by atoms with Gasteiger partial charge in [0.15, 0.2) is 0 Å². The summed E-state index contributed by atoms with van der Waals surface area (Å²) in [5.74, 6) is 3.84. The Hall–Kier alpha value is -1.62. The molecule has 1 aromatic carbocycles. The molecule has 0 atom stereocenters.